The van der Waals surface area contributed by atoms with E-state index >= 15 is 0 Å². The van der Waals surface area contributed by atoms with E-state index in [2.05, 4.69) is 5.32 Å². The number of benzene rings is 1. The Morgan fingerprint density at radius 2 is 2.14 bits per heavy atom. The largest absolute Gasteiger partial charge is 0.313 e. The molecule has 1 heterocycles. The molecule has 21 heavy (non-hydrogen) atoms. The molecule has 7 nitrogen and oxygen atoms in total. The summed E-state index contributed by atoms with van der Waals surface area (Å²) in [7, 11) is -3.85. The molecule has 0 amide bonds. The normalized spacial score (nSPS) is 16.0. The third kappa shape index (κ3) is 3.18. The number of nitro benzene ring substituents is 1. The fraction of sp³-hybridized carbons (Fsp3) is 0.500. The Morgan fingerprint density at radius 1 is 1.48 bits per heavy atom. The first kappa shape index (κ1) is 16.2. The van der Waals surface area contributed by atoms with Gasteiger partial charge < -0.3 is 5.32 Å². The van der Waals surface area contributed by atoms with Crippen LogP contribution in [0.2, 0.25) is 5.02 Å². The molecule has 1 fully saturated rings. The van der Waals surface area contributed by atoms with Crippen LogP contribution in [0.4, 0.5) is 5.69 Å². The highest BCUT2D eigenvalue weighted by Crippen LogP contribution is 2.30. The Morgan fingerprint density at radius 3 is 2.62 bits per heavy atom. The zero-order valence-corrected chi connectivity index (χ0v) is 13.0. The molecule has 1 aliphatic heterocycles. The van der Waals surface area contributed by atoms with E-state index in [0.29, 0.717) is 26.1 Å². The number of sulfonamides is 1. The van der Waals surface area contributed by atoms with E-state index in [9.17, 15) is 18.5 Å². The maximum absolute atomic E-state index is 12.7. The van der Waals surface area contributed by atoms with E-state index in [-0.39, 0.29) is 21.6 Å². The lowest BCUT2D eigenvalue weighted by Gasteiger charge is -2.37. The van der Waals surface area contributed by atoms with E-state index in [1.807, 2.05) is 6.92 Å². The van der Waals surface area contributed by atoms with Crippen molar-refractivity contribution in [2.75, 3.05) is 19.6 Å². The lowest BCUT2D eigenvalue weighted by molar-refractivity contribution is -0.385. The summed E-state index contributed by atoms with van der Waals surface area (Å²) in [6.45, 7) is 3.38. The summed E-state index contributed by atoms with van der Waals surface area (Å²) in [5, 5.41) is 13.8. The average Bonchev–Trinajstić information content (AvgIpc) is 2.36. The van der Waals surface area contributed by atoms with Crippen LogP contribution in [0, 0.1) is 10.1 Å². The van der Waals surface area contributed by atoms with E-state index in [0.717, 1.165) is 6.07 Å². The predicted octanol–water partition coefficient (Wildman–Crippen LogP) is 1.62. The van der Waals surface area contributed by atoms with Crippen LogP contribution in [0.15, 0.2) is 23.1 Å². The molecule has 0 aromatic heterocycles. The number of halogens is 1. The Balaban J connectivity index is 2.45. The van der Waals surface area contributed by atoms with Crippen molar-refractivity contribution in [2.45, 2.75) is 24.3 Å². The molecule has 1 saturated heterocycles. The van der Waals surface area contributed by atoms with E-state index in [1.165, 1.54) is 16.4 Å². The van der Waals surface area contributed by atoms with Gasteiger partial charge in [-0.15, -0.1) is 0 Å². The molecule has 0 spiro atoms. The van der Waals surface area contributed by atoms with E-state index in [1.54, 1.807) is 0 Å². The molecular weight excluding hydrogens is 318 g/mol. The van der Waals surface area contributed by atoms with Crippen molar-refractivity contribution >= 4 is 27.3 Å². The van der Waals surface area contributed by atoms with Crippen molar-refractivity contribution in [3.05, 3.63) is 33.3 Å². The molecule has 0 radical (unpaired) electrons. The second kappa shape index (κ2) is 6.27. The van der Waals surface area contributed by atoms with Crippen LogP contribution < -0.4 is 5.32 Å². The molecule has 1 N–H and O–H groups in total. The summed E-state index contributed by atoms with van der Waals surface area (Å²) in [5.74, 6) is 0. The Hall–Kier alpha value is -1.22. The van der Waals surface area contributed by atoms with E-state index in [4.69, 9.17) is 11.6 Å². The van der Waals surface area contributed by atoms with Gasteiger partial charge in [0.1, 0.15) is 4.90 Å². The minimum atomic E-state index is -3.85. The number of hydrogen-bond acceptors (Lipinski definition) is 5. The molecule has 1 aromatic rings. The van der Waals surface area contributed by atoms with Crippen LogP contribution in [-0.2, 0) is 10.0 Å². The van der Waals surface area contributed by atoms with Gasteiger partial charge in [-0.1, -0.05) is 18.5 Å². The SMILES string of the molecule is CCCN(C1CNC1)S(=O)(=O)c1cc([N+](=O)[O-])ccc1Cl. The van der Waals surface area contributed by atoms with Crippen molar-refractivity contribution < 1.29 is 13.3 Å². The van der Waals surface area contributed by atoms with Crippen LogP contribution in [0.25, 0.3) is 0 Å². The van der Waals surface area contributed by atoms with Crippen molar-refractivity contribution in [2.24, 2.45) is 0 Å². The number of nitrogens with zero attached hydrogens (tertiary/aromatic N) is 2. The van der Waals surface area contributed by atoms with Crippen molar-refractivity contribution in [3.8, 4) is 0 Å². The van der Waals surface area contributed by atoms with Crippen LogP contribution in [0.5, 0.6) is 0 Å². The molecule has 0 bridgehead atoms. The zero-order valence-electron chi connectivity index (χ0n) is 11.5. The van der Waals surface area contributed by atoms with Gasteiger partial charge in [0.15, 0.2) is 0 Å². The second-order valence-electron chi connectivity index (χ2n) is 4.80. The van der Waals surface area contributed by atoms with Gasteiger partial charge >= 0.3 is 0 Å². The van der Waals surface area contributed by atoms with Crippen molar-refractivity contribution in [1.82, 2.24) is 9.62 Å². The number of rotatable bonds is 6. The molecule has 1 aromatic carbocycles. The van der Waals surface area contributed by atoms with Gasteiger partial charge in [-0.05, 0) is 12.5 Å². The molecule has 1 aliphatic rings. The Bertz CT molecular complexity index is 646. The molecule has 0 saturated carbocycles. The lowest BCUT2D eigenvalue weighted by Crippen LogP contribution is -2.58. The summed E-state index contributed by atoms with van der Waals surface area (Å²) in [6.07, 6.45) is 0.655. The van der Waals surface area contributed by atoms with Gasteiger partial charge in [0.25, 0.3) is 5.69 Å². The average molecular weight is 334 g/mol. The summed E-state index contributed by atoms with van der Waals surface area (Å²) in [5.41, 5.74) is -0.291. The maximum Gasteiger partial charge on any atom is 0.270 e. The monoisotopic (exact) mass is 333 g/mol. The first-order chi connectivity index (χ1) is 9.87. The number of non-ortho nitro benzene ring substituents is 1. The summed E-state index contributed by atoms with van der Waals surface area (Å²) < 4.78 is 26.9. The van der Waals surface area contributed by atoms with Crippen LogP contribution in [0.1, 0.15) is 13.3 Å². The van der Waals surface area contributed by atoms with Gasteiger partial charge in [0, 0.05) is 31.8 Å². The topological polar surface area (TPSA) is 92.6 Å². The highest BCUT2D eigenvalue weighted by molar-refractivity contribution is 7.89. The number of hydrogen-bond donors (Lipinski definition) is 1. The number of nitrogens with one attached hydrogen (secondary N) is 1. The minimum absolute atomic E-state index is 0.00557. The second-order valence-corrected chi connectivity index (χ2v) is 7.07. The lowest BCUT2D eigenvalue weighted by atomic mass is 10.2. The quantitative estimate of drug-likeness (QED) is 0.630. The van der Waals surface area contributed by atoms with Crippen molar-refractivity contribution in [1.29, 1.82) is 0 Å². The summed E-state index contributed by atoms with van der Waals surface area (Å²) >= 11 is 5.95. The zero-order chi connectivity index (χ0) is 15.6. The van der Waals surface area contributed by atoms with Gasteiger partial charge in [0.05, 0.1) is 16.0 Å². The standard InChI is InChI=1S/C12H16ClN3O4S/c1-2-5-15(10-7-14-8-10)21(19,20)12-6-9(16(17)18)3-4-11(12)13/h3-4,6,10,14H,2,5,7-8H2,1H3. The Labute approximate surface area is 128 Å². The van der Waals surface area contributed by atoms with Crippen LogP contribution in [-0.4, -0.2) is 43.3 Å². The van der Waals surface area contributed by atoms with Gasteiger partial charge in [-0.3, -0.25) is 10.1 Å². The fourth-order valence-corrected chi connectivity index (χ4v) is 4.34. The molecule has 2 rings (SSSR count). The molecule has 0 unspecified atom stereocenters. The summed E-state index contributed by atoms with van der Waals surface area (Å²) in [6, 6.07) is 3.32. The molecule has 9 heteroatoms. The molecule has 116 valence electrons. The maximum atomic E-state index is 12.7. The van der Waals surface area contributed by atoms with Gasteiger partial charge in [0.2, 0.25) is 10.0 Å². The summed E-state index contributed by atoms with van der Waals surface area (Å²) in [4.78, 5) is 9.99. The van der Waals surface area contributed by atoms with Crippen LogP contribution in [0.3, 0.4) is 0 Å². The number of nitro groups is 1. The van der Waals surface area contributed by atoms with Crippen molar-refractivity contribution in [3.63, 3.8) is 0 Å². The third-order valence-corrected chi connectivity index (χ3v) is 5.76. The first-order valence-corrected chi connectivity index (χ1v) is 8.36. The minimum Gasteiger partial charge on any atom is -0.313 e. The predicted molar refractivity (Wildman–Crippen MR) is 78.9 cm³/mol. The first-order valence-electron chi connectivity index (χ1n) is 6.54. The third-order valence-electron chi connectivity index (χ3n) is 3.32. The molecular formula is C12H16ClN3O4S. The highest BCUT2D eigenvalue weighted by atomic mass is 35.5. The highest BCUT2D eigenvalue weighted by Gasteiger charge is 2.36. The molecule has 0 aliphatic carbocycles. The smallest absolute Gasteiger partial charge is 0.270 e. The Kier molecular flexibility index (Phi) is 4.82. The van der Waals surface area contributed by atoms with E-state index < -0.39 is 14.9 Å². The van der Waals surface area contributed by atoms with Crippen LogP contribution >= 0.6 is 11.6 Å². The molecule has 0 atom stereocenters. The van der Waals surface area contributed by atoms with Gasteiger partial charge in [-0.2, -0.15) is 4.31 Å². The fourth-order valence-electron chi connectivity index (χ4n) is 2.13. The van der Waals surface area contributed by atoms with Gasteiger partial charge in [-0.25, -0.2) is 8.42 Å².